The summed E-state index contributed by atoms with van der Waals surface area (Å²) in [6, 6.07) is 20.1. The second kappa shape index (κ2) is 11.4. The van der Waals surface area contributed by atoms with Gasteiger partial charge in [-0.25, -0.2) is 9.18 Å². The molecule has 1 amide bonds. The van der Waals surface area contributed by atoms with Crippen LogP contribution in [-0.2, 0) is 20.8 Å². The van der Waals surface area contributed by atoms with Crippen LogP contribution < -0.4 is 9.80 Å². The number of hydrogen-bond donors (Lipinski definition) is 0. The van der Waals surface area contributed by atoms with Gasteiger partial charge in [-0.3, -0.25) is 4.79 Å². The SMILES string of the molecule is [2H][C@H](c1ccc(-c2ccc(N(C)C)cc2)cc1)N(C(=O)[C@@H]1C[C@H]2CC[C@@H]1C2)c1cc(F)cc(/C=C/C(=O)OC)c1. The van der Waals surface area contributed by atoms with E-state index in [0.29, 0.717) is 28.7 Å². The maximum atomic E-state index is 14.8. The van der Waals surface area contributed by atoms with Crippen molar-refractivity contribution in [3.63, 3.8) is 0 Å². The first-order valence-corrected chi connectivity index (χ1v) is 13.4. The van der Waals surface area contributed by atoms with E-state index in [2.05, 4.69) is 29.0 Å². The molecule has 2 bridgehead atoms. The van der Waals surface area contributed by atoms with E-state index >= 15 is 0 Å². The van der Waals surface area contributed by atoms with Crippen molar-refractivity contribution in [2.75, 3.05) is 31.0 Å². The molecule has 0 radical (unpaired) electrons. The van der Waals surface area contributed by atoms with Gasteiger partial charge in [0.05, 0.1) is 15.0 Å². The normalized spacial score (nSPS) is 21.0. The van der Waals surface area contributed by atoms with Crippen LogP contribution in [0.3, 0.4) is 0 Å². The number of carbonyl (C=O) groups excluding carboxylic acids is 2. The minimum atomic E-state index is -1.06. The number of fused-ring (bicyclic) bond motifs is 2. The Labute approximate surface area is 231 Å². The zero-order valence-electron chi connectivity index (χ0n) is 23.6. The summed E-state index contributed by atoms with van der Waals surface area (Å²) in [5.74, 6) is -0.546. The van der Waals surface area contributed by atoms with Gasteiger partial charge in [0, 0.05) is 37.5 Å². The third kappa shape index (κ3) is 6.06. The predicted molar refractivity (Wildman–Crippen MR) is 154 cm³/mol. The van der Waals surface area contributed by atoms with Gasteiger partial charge >= 0.3 is 5.97 Å². The topological polar surface area (TPSA) is 49.9 Å². The van der Waals surface area contributed by atoms with Gasteiger partial charge in [-0.05, 0) is 89.8 Å². The van der Waals surface area contributed by atoms with Gasteiger partial charge in [0.1, 0.15) is 5.82 Å². The molecule has 0 N–H and O–H groups in total. The lowest BCUT2D eigenvalue weighted by molar-refractivity contribution is -0.134. The highest BCUT2D eigenvalue weighted by atomic mass is 19.1. The second-order valence-electron chi connectivity index (χ2n) is 10.8. The number of anilines is 2. The van der Waals surface area contributed by atoms with E-state index in [0.717, 1.165) is 42.5 Å². The van der Waals surface area contributed by atoms with Crippen molar-refractivity contribution >= 4 is 29.3 Å². The van der Waals surface area contributed by atoms with Crippen molar-refractivity contribution in [3.05, 3.63) is 89.8 Å². The Balaban J connectivity index is 1.47. The van der Waals surface area contributed by atoms with Crippen molar-refractivity contribution in [2.45, 2.75) is 32.2 Å². The highest BCUT2D eigenvalue weighted by molar-refractivity contribution is 5.96. The lowest BCUT2D eigenvalue weighted by Gasteiger charge is -2.30. The number of halogens is 1. The molecular formula is C33H35FN2O3. The highest BCUT2D eigenvalue weighted by Crippen LogP contribution is 2.49. The Morgan fingerprint density at radius 3 is 2.26 bits per heavy atom. The van der Waals surface area contributed by atoms with E-state index in [9.17, 15) is 15.4 Å². The molecule has 0 heterocycles. The molecule has 3 aromatic rings. The van der Waals surface area contributed by atoms with E-state index < -0.39 is 18.3 Å². The second-order valence-corrected chi connectivity index (χ2v) is 10.8. The van der Waals surface area contributed by atoms with Crippen LogP contribution in [0.4, 0.5) is 15.8 Å². The number of benzene rings is 3. The first-order chi connectivity index (χ1) is 19.2. The maximum Gasteiger partial charge on any atom is 0.330 e. The van der Waals surface area contributed by atoms with E-state index in [-0.39, 0.29) is 11.8 Å². The summed E-state index contributed by atoms with van der Waals surface area (Å²) in [5, 5.41) is 0. The van der Waals surface area contributed by atoms with Crippen LogP contribution in [0.1, 0.15) is 38.2 Å². The molecule has 2 aliphatic rings. The van der Waals surface area contributed by atoms with Gasteiger partial charge < -0.3 is 14.5 Å². The quantitative estimate of drug-likeness (QED) is 0.241. The fourth-order valence-electron chi connectivity index (χ4n) is 5.92. The number of esters is 1. The number of hydrogen-bond acceptors (Lipinski definition) is 4. The molecule has 2 aliphatic carbocycles. The van der Waals surface area contributed by atoms with E-state index in [1.54, 1.807) is 6.07 Å². The van der Waals surface area contributed by atoms with Crippen LogP contribution in [0.15, 0.2) is 72.8 Å². The van der Waals surface area contributed by atoms with Crippen LogP contribution in [0.25, 0.3) is 17.2 Å². The monoisotopic (exact) mass is 527 g/mol. The van der Waals surface area contributed by atoms with E-state index in [1.807, 2.05) is 43.3 Å². The van der Waals surface area contributed by atoms with Crippen LogP contribution in [0.5, 0.6) is 0 Å². The summed E-state index contributed by atoms with van der Waals surface area (Å²) in [6.07, 6.45) is 6.70. The van der Waals surface area contributed by atoms with Gasteiger partial charge in [0.2, 0.25) is 5.91 Å². The fourth-order valence-corrected chi connectivity index (χ4v) is 5.92. The van der Waals surface area contributed by atoms with E-state index in [1.165, 1.54) is 36.3 Å². The molecule has 0 aliphatic heterocycles. The van der Waals surface area contributed by atoms with Gasteiger partial charge in [-0.2, -0.15) is 0 Å². The molecular weight excluding hydrogens is 491 g/mol. The van der Waals surface area contributed by atoms with Gasteiger partial charge in [0.15, 0.2) is 0 Å². The molecule has 0 aromatic heterocycles. The average Bonchev–Trinajstić information content (AvgIpc) is 3.60. The number of methoxy groups -OCH3 is 1. The first-order valence-electron chi connectivity index (χ1n) is 14.0. The van der Waals surface area contributed by atoms with Crippen molar-refractivity contribution in [3.8, 4) is 11.1 Å². The molecule has 5 nitrogen and oxygen atoms in total. The van der Waals surface area contributed by atoms with Crippen LogP contribution >= 0.6 is 0 Å². The van der Waals surface area contributed by atoms with Gasteiger partial charge in [-0.1, -0.05) is 42.8 Å². The molecule has 3 aromatic carbocycles. The van der Waals surface area contributed by atoms with Gasteiger partial charge in [-0.15, -0.1) is 0 Å². The van der Waals surface area contributed by atoms with Gasteiger partial charge in [0.25, 0.3) is 0 Å². The number of amides is 1. The van der Waals surface area contributed by atoms with Crippen molar-refractivity contribution < 1.29 is 20.1 Å². The highest BCUT2D eigenvalue weighted by Gasteiger charge is 2.44. The lowest BCUT2D eigenvalue weighted by Crippen LogP contribution is -2.38. The molecule has 202 valence electrons. The lowest BCUT2D eigenvalue weighted by atomic mass is 9.87. The van der Waals surface area contributed by atoms with Crippen LogP contribution in [0.2, 0.25) is 0 Å². The third-order valence-electron chi connectivity index (χ3n) is 7.99. The molecule has 0 unspecified atom stereocenters. The zero-order valence-corrected chi connectivity index (χ0v) is 22.6. The Kier molecular flexibility index (Phi) is 7.44. The van der Waals surface area contributed by atoms with Crippen LogP contribution in [-0.4, -0.2) is 33.1 Å². The first kappa shape index (κ1) is 25.4. The summed E-state index contributed by atoms with van der Waals surface area (Å²) in [4.78, 5) is 29.1. The summed E-state index contributed by atoms with van der Waals surface area (Å²) in [5.41, 5.74) is 4.53. The summed E-state index contributed by atoms with van der Waals surface area (Å²) < 4.78 is 28.7. The number of rotatable bonds is 8. The molecule has 2 fully saturated rings. The van der Waals surface area contributed by atoms with Crippen molar-refractivity contribution in [2.24, 2.45) is 17.8 Å². The molecule has 0 spiro atoms. The Morgan fingerprint density at radius 2 is 1.67 bits per heavy atom. The average molecular weight is 528 g/mol. The number of ether oxygens (including phenoxy) is 1. The minimum absolute atomic E-state index is 0.135. The number of nitrogens with zero attached hydrogens (tertiary/aromatic N) is 2. The summed E-state index contributed by atoms with van der Waals surface area (Å²) >= 11 is 0. The minimum Gasteiger partial charge on any atom is -0.466 e. The Hall–Kier alpha value is -3.93. The van der Waals surface area contributed by atoms with Crippen LogP contribution in [0, 0.1) is 23.6 Å². The number of carbonyl (C=O) groups is 2. The molecule has 6 heteroatoms. The largest absolute Gasteiger partial charge is 0.466 e. The van der Waals surface area contributed by atoms with E-state index in [4.69, 9.17) is 0 Å². The summed E-state index contributed by atoms with van der Waals surface area (Å²) in [7, 11) is 5.27. The molecule has 2 saturated carbocycles. The smallest absolute Gasteiger partial charge is 0.330 e. The third-order valence-corrected chi connectivity index (χ3v) is 7.99. The van der Waals surface area contributed by atoms with Crippen molar-refractivity contribution in [1.82, 2.24) is 0 Å². The predicted octanol–water partition coefficient (Wildman–Crippen LogP) is 6.71. The Morgan fingerprint density at radius 1 is 0.974 bits per heavy atom. The van der Waals surface area contributed by atoms with Crippen molar-refractivity contribution in [1.29, 1.82) is 0 Å². The summed E-state index contributed by atoms with van der Waals surface area (Å²) in [6.45, 7) is -1.06. The zero-order chi connectivity index (χ0) is 28.4. The molecule has 4 atom stereocenters. The fraction of sp³-hybridized carbons (Fsp3) is 0.333. The molecule has 0 saturated heterocycles. The standard InChI is InChI=1S/C33H35FN2O3/c1-35(2)29-13-11-26(12-14-29)25-8-4-22(5-9-25)21-36(33(38)31-19-23-6-10-27(31)16-23)30-18-24(17-28(34)20-30)7-15-32(37)39-3/h4-5,7-9,11-15,17-18,20,23,27,31H,6,10,16,19,21H2,1-3H3/b15-7+/t23-,27+,31+/m0/s1/i21D/t21-,23+,27-,31-/m1. The Bertz CT molecular complexity index is 1400. The molecule has 5 rings (SSSR count). The maximum absolute atomic E-state index is 14.8. The molecule has 39 heavy (non-hydrogen) atoms.